The van der Waals surface area contributed by atoms with Crippen molar-refractivity contribution >= 4 is 58.1 Å². The van der Waals surface area contributed by atoms with Crippen LogP contribution in [0.5, 0.6) is 0 Å². The highest BCUT2D eigenvalue weighted by atomic mass is 35.5. The highest BCUT2D eigenvalue weighted by Gasteiger charge is 2.61. The van der Waals surface area contributed by atoms with E-state index in [0.29, 0.717) is 27.6 Å². The molecular weight excluding hydrogens is 458 g/mol. The number of aryl methyl sites for hydroxylation is 1. The molecule has 166 valence electrons. The number of benzene rings is 3. The first-order valence-electron chi connectivity index (χ1n) is 10.4. The van der Waals surface area contributed by atoms with E-state index in [1.807, 2.05) is 55.5 Å². The molecule has 0 aliphatic carbocycles. The molecule has 0 saturated carbocycles. The number of rotatable bonds is 4. The van der Waals surface area contributed by atoms with E-state index in [9.17, 15) is 14.4 Å². The Labute approximate surface area is 200 Å². The minimum Gasteiger partial charge on any atom is -0.325 e. The summed E-state index contributed by atoms with van der Waals surface area (Å²) in [5, 5.41) is 3.39. The van der Waals surface area contributed by atoms with Gasteiger partial charge >= 0.3 is 0 Å². The molecule has 0 unspecified atom stereocenters. The maximum Gasteiger partial charge on any atom is 0.269 e. The third kappa shape index (κ3) is 3.57. The fourth-order valence-electron chi connectivity index (χ4n) is 4.28. The van der Waals surface area contributed by atoms with E-state index in [1.165, 1.54) is 21.6 Å². The molecule has 0 radical (unpaired) electrons. The molecular formula is C25H20ClN3O3S. The first kappa shape index (κ1) is 21.6. The van der Waals surface area contributed by atoms with E-state index >= 15 is 0 Å². The van der Waals surface area contributed by atoms with Crippen molar-refractivity contribution in [3.05, 3.63) is 88.9 Å². The van der Waals surface area contributed by atoms with Gasteiger partial charge in [0.25, 0.3) is 5.91 Å². The van der Waals surface area contributed by atoms with Crippen molar-refractivity contribution in [3.8, 4) is 0 Å². The summed E-state index contributed by atoms with van der Waals surface area (Å²) in [5.41, 5.74) is 3.66. The van der Waals surface area contributed by atoms with Crippen LogP contribution in [0.3, 0.4) is 0 Å². The molecule has 8 heteroatoms. The molecule has 1 atom stereocenters. The van der Waals surface area contributed by atoms with Gasteiger partial charge in [-0.2, -0.15) is 0 Å². The number of carbonyl (C=O) groups excluding carboxylic acids is 3. The van der Waals surface area contributed by atoms with Crippen molar-refractivity contribution in [2.45, 2.75) is 11.8 Å². The summed E-state index contributed by atoms with van der Waals surface area (Å²) in [6, 6.07) is 21.6. The van der Waals surface area contributed by atoms with Crippen molar-refractivity contribution < 1.29 is 14.4 Å². The van der Waals surface area contributed by atoms with Gasteiger partial charge in [-0.15, -0.1) is 11.8 Å². The molecule has 33 heavy (non-hydrogen) atoms. The Hall–Kier alpha value is -3.29. The number of nitrogens with zero attached hydrogens (tertiary/aromatic N) is 2. The van der Waals surface area contributed by atoms with E-state index in [2.05, 4.69) is 5.32 Å². The van der Waals surface area contributed by atoms with Crippen LogP contribution in [0.25, 0.3) is 0 Å². The van der Waals surface area contributed by atoms with Crippen LogP contribution in [0, 0.1) is 6.92 Å². The molecule has 0 bridgehead atoms. The third-order valence-electron chi connectivity index (χ3n) is 5.79. The largest absolute Gasteiger partial charge is 0.325 e. The Morgan fingerprint density at radius 1 is 1.03 bits per heavy atom. The standard InChI is InChI=1S/C25H20ClN3O3S/c1-16-6-10-18(11-7-16)27-22(30)14-28-21-5-3-2-4-20(21)25(24(28)32)29(23(31)15-33-25)19-12-8-17(26)9-13-19/h2-13H,14-15H2,1H3,(H,27,30)/t25-/m1/s1. The molecule has 1 spiro atoms. The number of hydrogen-bond donors (Lipinski definition) is 1. The van der Waals surface area contributed by atoms with Crippen LogP contribution in [0.1, 0.15) is 11.1 Å². The van der Waals surface area contributed by atoms with Crippen molar-refractivity contribution in [3.63, 3.8) is 0 Å². The molecule has 2 aliphatic rings. The summed E-state index contributed by atoms with van der Waals surface area (Å²) in [7, 11) is 0. The normalized spacial score (nSPS) is 19.3. The molecule has 3 aromatic carbocycles. The minimum atomic E-state index is -1.26. The second-order valence-electron chi connectivity index (χ2n) is 7.96. The lowest BCUT2D eigenvalue weighted by molar-refractivity contribution is -0.124. The Balaban J connectivity index is 1.50. The average Bonchev–Trinajstić information content (AvgIpc) is 3.27. The topological polar surface area (TPSA) is 69.7 Å². The van der Waals surface area contributed by atoms with Gasteiger partial charge in [0.2, 0.25) is 16.7 Å². The number of anilines is 3. The van der Waals surface area contributed by atoms with Crippen LogP contribution in [0.4, 0.5) is 17.1 Å². The lowest BCUT2D eigenvalue weighted by Crippen LogP contribution is -2.50. The number of amides is 3. The number of halogens is 1. The fourth-order valence-corrected chi connectivity index (χ4v) is 5.77. The van der Waals surface area contributed by atoms with Crippen LogP contribution < -0.4 is 15.1 Å². The second kappa shape index (κ2) is 8.24. The lowest BCUT2D eigenvalue weighted by atomic mass is 10.0. The first-order chi connectivity index (χ1) is 15.9. The minimum absolute atomic E-state index is 0.158. The van der Waals surface area contributed by atoms with Gasteiger partial charge in [-0.25, -0.2) is 0 Å². The Morgan fingerprint density at radius 3 is 2.45 bits per heavy atom. The summed E-state index contributed by atoms with van der Waals surface area (Å²) >= 11 is 7.32. The van der Waals surface area contributed by atoms with Gasteiger partial charge in [-0.3, -0.25) is 24.2 Å². The van der Waals surface area contributed by atoms with Gasteiger partial charge in [0.15, 0.2) is 0 Å². The van der Waals surface area contributed by atoms with E-state index in [-0.39, 0.29) is 30.0 Å². The summed E-state index contributed by atoms with van der Waals surface area (Å²) in [6.45, 7) is 1.81. The first-order valence-corrected chi connectivity index (χ1v) is 11.8. The molecule has 3 amide bonds. The van der Waals surface area contributed by atoms with Crippen LogP contribution in [0.15, 0.2) is 72.8 Å². The summed E-state index contributed by atoms with van der Waals surface area (Å²) in [6.07, 6.45) is 0. The fraction of sp³-hybridized carbons (Fsp3) is 0.160. The van der Waals surface area contributed by atoms with Crippen LogP contribution in [-0.2, 0) is 19.3 Å². The van der Waals surface area contributed by atoms with E-state index in [4.69, 9.17) is 11.6 Å². The van der Waals surface area contributed by atoms with Crippen LogP contribution >= 0.6 is 23.4 Å². The second-order valence-corrected chi connectivity index (χ2v) is 9.57. The quantitative estimate of drug-likeness (QED) is 0.597. The summed E-state index contributed by atoms with van der Waals surface area (Å²) in [4.78, 5) is 41.5. The lowest BCUT2D eigenvalue weighted by Gasteiger charge is -2.33. The van der Waals surface area contributed by atoms with Crippen molar-refractivity contribution in [1.82, 2.24) is 0 Å². The van der Waals surface area contributed by atoms with Crippen LogP contribution in [-0.4, -0.2) is 30.0 Å². The SMILES string of the molecule is Cc1ccc(NC(=O)CN2C(=O)[C@]3(SCC(=O)N3c3ccc(Cl)cc3)c3ccccc32)cc1. The average molecular weight is 478 g/mol. The van der Waals surface area contributed by atoms with Gasteiger partial charge < -0.3 is 5.32 Å². The molecule has 2 aliphatic heterocycles. The molecule has 5 rings (SSSR count). The molecule has 1 N–H and O–H groups in total. The molecule has 2 heterocycles. The molecule has 6 nitrogen and oxygen atoms in total. The van der Waals surface area contributed by atoms with Crippen LogP contribution in [0.2, 0.25) is 5.02 Å². The zero-order chi connectivity index (χ0) is 23.2. The number of para-hydroxylation sites is 1. The van der Waals surface area contributed by atoms with Crippen molar-refractivity contribution in [1.29, 1.82) is 0 Å². The van der Waals surface area contributed by atoms with E-state index in [0.717, 1.165) is 5.56 Å². The highest BCUT2D eigenvalue weighted by molar-refractivity contribution is 8.02. The molecule has 1 fully saturated rings. The zero-order valence-corrected chi connectivity index (χ0v) is 19.3. The monoisotopic (exact) mass is 477 g/mol. The summed E-state index contributed by atoms with van der Waals surface area (Å²) < 4.78 is 0. The third-order valence-corrected chi connectivity index (χ3v) is 7.42. The van der Waals surface area contributed by atoms with E-state index < -0.39 is 4.87 Å². The van der Waals surface area contributed by atoms with Crippen molar-refractivity contribution in [2.75, 3.05) is 27.4 Å². The van der Waals surface area contributed by atoms with Gasteiger partial charge in [0.05, 0.1) is 11.4 Å². The number of nitrogens with one attached hydrogen (secondary N) is 1. The maximum absolute atomic E-state index is 13.9. The smallest absolute Gasteiger partial charge is 0.269 e. The maximum atomic E-state index is 13.9. The molecule has 0 aromatic heterocycles. The zero-order valence-electron chi connectivity index (χ0n) is 17.7. The van der Waals surface area contributed by atoms with Gasteiger partial charge in [-0.1, -0.05) is 47.5 Å². The summed E-state index contributed by atoms with van der Waals surface area (Å²) in [5.74, 6) is -0.636. The van der Waals surface area contributed by atoms with Gasteiger partial charge in [-0.05, 0) is 49.4 Å². The molecule has 1 saturated heterocycles. The van der Waals surface area contributed by atoms with E-state index in [1.54, 1.807) is 24.3 Å². The number of carbonyl (C=O) groups is 3. The van der Waals surface area contributed by atoms with Crippen molar-refractivity contribution in [2.24, 2.45) is 0 Å². The molecule has 3 aromatic rings. The van der Waals surface area contributed by atoms with Gasteiger partial charge in [0.1, 0.15) is 6.54 Å². The highest BCUT2D eigenvalue weighted by Crippen LogP contribution is 2.55. The number of fused-ring (bicyclic) bond motifs is 2. The number of hydrogen-bond acceptors (Lipinski definition) is 4. The predicted molar refractivity (Wildman–Crippen MR) is 132 cm³/mol. The Bertz CT molecular complexity index is 1260. The van der Waals surface area contributed by atoms with Gasteiger partial charge in [0, 0.05) is 22.0 Å². The Kier molecular flexibility index (Phi) is 5.38. The number of thioether (sulfide) groups is 1. The predicted octanol–water partition coefficient (Wildman–Crippen LogP) is 4.57. The Morgan fingerprint density at radius 2 is 1.73 bits per heavy atom.